The molecule has 0 aliphatic heterocycles. The molecule has 2 heterocycles. The third kappa shape index (κ3) is 2.37. The highest BCUT2D eigenvalue weighted by molar-refractivity contribution is 7.14. The molecule has 2 N–H and O–H groups in total. The Labute approximate surface area is 138 Å². The van der Waals surface area contributed by atoms with E-state index in [0.29, 0.717) is 4.88 Å². The van der Waals surface area contributed by atoms with Crippen molar-refractivity contribution in [1.82, 2.24) is 9.78 Å². The van der Waals surface area contributed by atoms with Gasteiger partial charge in [-0.1, -0.05) is 30.3 Å². The summed E-state index contributed by atoms with van der Waals surface area (Å²) in [6.07, 6.45) is 3.90. The smallest absolute Gasteiger partial charge is 0.259 e. The van der Waals surface area contributed by atoms with Gasteiger partial charge >= 0.3 is 0 Å². The van der Waals surface area contributed by atoms with Crippen molar-refractivity contribution >= 4 is 17.2 Å². The van der Waals surface area contributed by atoms with E-state index in [4.69, 9.17) is 10.8 Å². The maximum Gasteiger partial charge on any atom is 0.259 e. The minimum atomic E-state index is -0.327. The lowest BCUT2D eigenvalue weighted by Crippen LogP contribution is -2.13. The zero-order chi connectivity index (χ0) is 16.0. The van der Waals surface area contributed by atoms with Gasteiger partial charge in [0.15, 0.2) is 0 Å². The van der Waals surface area contributed by atoms with Crippen molar-refractivity contribution in [3.63, 3.8) is 0 Å². The van der Waals surface area contributed by atoms with Gasteiger partial charge < -0.3 is 5.73 Å². The van der Waals surface area contributed by atoms with Gasteiger partial charge in [-0.15, -0.1) is 11.3 Å². The van der Waals surface area contributed by atoms with Gasteiger partial charge in [-0.25, -0.2) is 0 Å². The second-order valence-electron chi connectivity index (χ2n) is 5.89. The zero-order valence-electron chi connectivity index (χ0n) is 12.9. The van der Waals surface area contributed by atoms with E-state index in [-0.39, 0.29) is 5.91 Å². The van der Waals surface area contributed by atoms with Gasteiger partial charge in [0.1, 0.15) is 0 Å². The fourth-order valence-corrected chi connectivity index (χ4v) is 4.36. The number of benzene rings is 1. The number of nitrogens with zero attached hydrogens (tertiary/aromatic N) is 2. The van der Waals surface area contributed by atoms with Crippen molar-refractivity contribution in [1.29, 1.82) is 0 Å². The Hall–Kier alpha value is -2.40. The maximum absolute atomic E-state index is 11.7. The Morgan fingerprint density at radius 1 is 1.30 bits per heavy atom. The van der Waals surface area contributed by atoms with Crippen LogP contribution in [0.1, 0.15) is 31.2 Å². The van der Waals surface area contributed by atoms with Crippen molar-refractivity contribution in [3.05, 3.63) is 63.0 Å². The molecule has 1 aliphatic rings. The first-order chi connectivity index (χ1) is 11.1. The van der Waals surface area contributed by atoms with E-state index in [1.165, 1.54) is 22.5 Å². The van der Waals surface area contributed by atoms with Gasteiger partial charge in [-0.2, -0.15) is 5.10 Å². The van der Waals surface area contributed by atoms with Crippen LogP contribution in [0.15, 0.2) is 36.5 Å². The van der Waals surface area contributed by atoms with E-state index in [9.17, 15) is 4.79 Å². The number of hydrogen-bond acceptors (Lipinski definition) is 3. The summed E-state index contributed by atoms with van der Waals surface area (Å²) in [6.45, 7) is 2.80. The van der Waals surface area contributed by atoms with E-state index >= 15 is 0 Å². The number of carbonyl (C=O) groups is 1. The van der Waals surface area contributed by atoms with E-state index in [1.54, 1.807) is 0 Å². The van der Waals surface area contributed by atoms with Crippen molar-refractivity contribution in [2.45, 2.75) is 26.3 Å². The minimum absolute atomic E-state index is 0.327. The molecule has 4 rings (SSSR count). The molecule has 2 aromatic heterocycles. The van der Waals surface area contributed by atoms with Crippen LogP contribution in [0.25, 0.3) is 11.3 Å². The third-order valence-electron chi connectivity index (χ3n) is 4.31. The summed E-state index contributed by atoms with van der Waals surface area (Å²) in [4.78, 5) is 13.5. The number of primary amides is 1. The summed E-state index contributed by atoms with van der Waals surface area (Å²) in [5, 5.41) is 4.79. The lowest BCUT2D eigenvalue weighted by atomic mass is 9.91. The predicted octanol–water partition coefficient (Wildman–Crippen LogP) is 3.17. The highest BCUT2D eigenvalue weighted by atomic mass is 32.1. The Kier molecular flexibility index (Phi) is 3.31. The number of aryl methyl sites for hydroxylation is 2. The van der Waals surface area contributed by atoms with Gasteiger partial charge in [-0.05, 0) is 36.5 Å². The molecule has 1 amide bonds. The average Bonchev–Trinajstić information content (AvgIpc) is 3.08. The lowest BCUT2D eigenvalue weighted by molar-refractivity contribution is 0.100. The molecule has 5 heteroatoms. The van der Waals surface area contributed by atoms with Crippen LogP contribution in [0.4, 0.5) is 0 Å². The standard InChI is InChI=1S/C18H17N3OS/c1-11-15-14(17(23-11)18(19)22)8-7-13-10-21(20-16(13)15)9-12-5-3-2-4-6-12/h2-6,10H,7-9H2,1H3,(H2,19,22). The van der Waals surface area contributed by atoms with Gasteiger partial charge in [0.25, 0.3) is 5.91 Å². The molecule has 3 aromatic rings. The molecular weight excluding hydrogens is 306 g/mol. The molecule has 0 radical (unpaired) electrons. The Morgan fingerprint density at radius 3 is 2.83 bits per heavy atom. The molecule has 23 heavy (non-hydrogen) atoms. The summed E-state index contributed by atoms with van der Waals surface area (Å²) < 4.78 is 2.00. The fraction of sp³-hybridized carbons (Fsp3) is 0.222. The van der Waals surface area contributed by atoms with Crippen LogP contribution in [-0.4, -0.2) is 15.7 Å². The number of carbonyl (C=O) groups excluding carboxylic acids is 1. The van der Waals surface area contributed by atoms with Crippen LogP contribution < -0.4 is 5.73 Å². The highest BCUT2D eigenvalue weighted by Gasteiger charge is 2.27. The first-order valence-electron chi connectivity index (χ1n) is 7.66. The van der Waals surface area contributed by atoms with Crippen LogP contribution in [0.2, 0.25) is 0 Å². The number of nitrogens with two attached hydrogens (primary N) is 1. The third-order valence-corrected chi connectivity index (χ3v) is 5.47. The highest BCUT2D eigenvalue weighted by Crippen LogP contribution is 2.41. The second-order valence-corrected chi connectivity index (χ2v) is 7.12. The molecule has 0 spiro atoms. The quantitative estimate of drug-likeness (QED) is 0.805. The summed E-state index contributed by atoms with van der Waals surface area (Å²) in [5.41, 5.74) is 11.2. The number of amides is 1. The fourth-order valence-electron chi connectivity index (χ4n) is 3.31. The van der Waals surface area contributed by atoms with E-state index < -0.39 is 0 Å². The van der Waals surface area contributed by atoms with Crippen LogP contribution in [0.5, 0.6) is 0 Å². The van der Waals surface area contributed by atoms with Crippen molar-refractivity contribution < 1.29 is 4.79 Å². The number of thiophene rings is 1. The Bertz CT molecular complexity index is 893. The first-order valence-corrected chi connectivity index (χ1v) is 8.48. The van der Waals surface area contributed by atoms with E-state index in [2.05, 4.69) is 18.3 Å². The summed E-state index contributed by atoms with van der Waals surface area (Å²) >= 11 is 1.49. The molecule has 116 valence electrons. The molecule has 0 atom stereocenters. The van der Waals surface area contributed by atoms with Crippen LogP contribution in [0.3, 0.4) is 0 Å². The molecule has 1 aliphatic carbocycles. The largest absolute Gasteiger partial charge is 0.365 e. The second kappa shape index (κ2) is 5.35. The first kappa shape index (κ1) is 14.2. The van der Waals surface area contributed by atoms with Crippen LogP contribution in [-0.2, 0) is 19.4 Å². The zero-order valence-corrected chi connectivity index (χ0v) is 13.7. The molecule has 0 saturated carbocycles. The number of hydrogen-bond donors (Lipinski definition) is 1. The summed E-state index contributed by atoms with van der Waals surface area (Å²) in [6, 6.07) is 10.3. The van der Waals surface area contributed by atoms with E-state index in [1.807, 2.05) is 29.8 Å². The number of rotatable bonds is 3. The molecule has 4 nitrogen and oxygen atoms in total. The van der Waals surface area contributed by atoms with Crippen molar-refractivity contribution in [2.75, 3.05) is 0 Å². The maximum atomic E-state index is 11.7. The SMILES string of the molecule is Cc1sc(C(N)=O)c2c1-c1nn(Cc3ccccc3)cc1CC2. The average molecular weight is 323 g/mol. The monoisotopic (exact) mass is 323 g/mol. The molecule has 0 saturated heterocycles. The van der Waals surface area contributed by atoms with Crippen molar-refractivity contribution in [3.8, 4) is 11.3 Å². The number of aromatic nitrogens is 2. The van der Waals surface area contributed by atoms with Gasteiger partial charge in [0.05, 0.1) is 17.1 Å². The minimum Gasteiger partial charge on any atom is -0.365 e. The molecule has 0 fully saturated rings. The Morgan fingerprint density at radius 2 is 2.09 bits per heavy atom. The normalized spacial score (nSPS) is 12.7. The molecular formula is C18H17N3OS. The molecule has 0 unspecified atom stereocenters. The summed E-state index contributed by atoms with van der Waals surface area (Å²) in [7, 11) is 0. The van der Waals surface area contributed by atoms with E-state index in [0.717, 1.165) is 41.1 Å². The lowest BCUT2D eigenvalue weighted by Gasteiger charge is -2.12. The van der Waals surface area contributed by atoms with Crippen molar-refractivity contribution in [2.24, 2.45) is 5.73 Å². The molecule has 0 bridgehead atoms. The van der Waals surface area contributed by atoms with Gasteiger partial charge in [-0.3, -0.25) is 9.48 Å². The summed E-state index contributed by atoms with van der Waals surface area (Å²) in [5.74, 6) is -0.327. The molecule has 1 aromatic carbocycles. The number of fused-ring (bicyclic) bond motifs is 3. The van der Waals surface area contributed by atoms with Gasteiger partial charge in [0.2, 0.25) is 0 Å². The Balaban J connectivity index is 1.76. The van der Waals surface area contributed by atoms with Crippen LogP contribution in [0, 0.1) is 6.92 Å². The van der Waals surface area contributed by atoms with Gasteiger partial charge in [0, 0.05) is 16.6 Å². The van der Waals surface area contributed by atoms with Crippen LogP contribution >= 0.6 is 11.3 Å². The predicted molar refractivity (Wildman–Crippen MR) is 91.7 cm³/mol. The topological polar surface area (TPSA) is 60.9 Å².